The van der Waals surface area contributed by atoms with Gasteiger partial charge in [-0.15, -0.1) is 0 Å². The van der Waals surface area contributed by atoms with Gasteiger partial charge in [0.2, 0.25) is 0 Å². The molecule has 0 amide bonds. The molecule has 1 aliphatic heterocycles. The number of rotatable bonds is 9. The first kappa shape index (κ1) is 27.8. The van der Waals surface area contributed by atoms with E-state index in [-0.39, 0.29) is 17.7 Å². The van der Waals surface area contributed by atoms with Crippen molar-refractivity contribution in [1.29, 1.82) is 0 Å². The summed E-state index contributed by atoms with van der Waals surface area (Å²) in [5, 5.41) is 21.4. The molecule has 0 unspecified atom stereocenters. The van der Waals surface area contributed by atoms with Crippen LogP contribution in [-0.2, 0) is 16.6 Å². The van der Waals surface area contributed by atoms with Gasteiger partial charge in [-0.25, -0.2) is 27.8 Å². The second kappa shape index (κ2) is 10.8. The number of nitrogens with one attached hydrogen (secondary N) is 1. The SMILES string of the molecule is CC(C)(O)C1CN(c2cc(Nc3ccnc(-c4cnn(S(=O)(=O)C5CC5)c4)n3)ncc2C#Cc2cnn(CCF)c2)C1. The number of halogens is 1. The molecule has 1 aliphatic carbocycles. The Morgan fingerprint density at radius 1 is 1.10 bits per heavy atom. The monoisotopic (exact) mass is 591 g/mol. The van der Waals surface area contributed by atoms with Crippen molar-refractivity contribution >= 4 is 27.3 Å². The van der Waals surface area contributed by atoms with Crippen LogP contribution in [0.2, 0.25) is 0 Å². The van der Waals surface area contributed by atoms with Gasteiger partial charge in [0.15, 0.2) is 5.82 Å². The summed E-state index contributed by atoms with van der Waals surface area (Å²) < 4.78 is 40.2. The Balaban J connectivity index is 1.25. The Bertz CT molecular complexity index is 1780. The van der Waals surface area contributed by atoms with Crippen LogP contribution in [0.1, 0.15) is 37.8 Å². The first-order valence-electron chi connectivity index (χ1n) is 13.6. The van der Waals surface area contributed by atoms with E-state index in [0.717, 1.165) is 9.77 Å². The minimum Gasteiger partial charge on any atom is -0.390 e. The number of aryl methyl sites for hydroxylation is 1. The fourth-order valence-electron chi connectivity index (χ4n) is 4.55. The van der Waals surface area contributed by atoms with Crippen LogP contribution in [0.5, 0.6) is 0 Å². The maximum Gasteiger partial charge on any atom is 0.256 e. The average molecular weight is 592 g/mol. The summed E-state index contributed by atoms with van der Waals surface area (Å²) in [6, 6.07) is 3.56. The molecule has 1 saturated carbocycles. The average Bonchev–Trinajstić information content (AvgIpc) is 3.49. The lowest BCUT2D eigenvalue weighted by atomic mass is 9.84. The number of alkyl halides is 1. The van der Waals surface area contributed by atoms with Gasteiger partial charge in [0.05, 0.1) is 58.4 Å². The molecular formula is C28H30FN9O3S. The van der Waals surface area contributed by atoms with Gasteiger partial charge < -0.3 is 15.3 Å². The molecule has 4 aromatic rings. The van der Waals surface area contributed by atoms with Crippen molar-refractivity contribution in [1.82, 2.24) is 33.9 Å². The zero-order chi connectivity index (χ0) is 29.5. The summed E-state index contributed by atoms with van der Waals surface area (Å²) in [5.74, 6) is 7.66. The number of nitrogens with zero attached hydrogens (tertiary/aromatic N) is 8. The van der Waals surface area contributed by atoms with Crippen molar-refractivity contribution in [2.45, 2.75) is 44.1 Å². The fraction of sp³-hybridized carbons (Fsp3) is 0.393. The van der Waals surface area contributed by atoms with E-state index in [1.807, 2.05) is 19.9 Å². The van der Waals surface area contributed by atoms with Crippen molar-refractivity contribution < 1.29 is 17.9 Å². The molecule has 42 heavy (non-hydrogen) atoms. The molecule has 2 aliphatic rings. The van der Waals surface area contributed by atoms with Gasteiger partial charge in [0.1, 0.15) is 18.3 Å². The van der Waals surface area contributed by atoms with Crippen molar-refractivity contribution in [3.05, 3.63) is 60.4 Å². The van der Waals surface area contributed by atoms with Crippen molar-refractivity contribution in [2.75, 3.05) is 30.0 Å². The van der Waals surface area contributed by atoms with E-state index in [4.69, 9.17) is 0 Å². The van der Waals surface area contributed by atoms with Gasteiger partial charge >= 0.3 is 0 Å². The van der Waals surface area contributed by atoms with E-state index < -0.39 is 22.3 Å². The Hall–Kier alpha value is -4.35. The van der Waals surface area contributed by atoms with Gasteiger partial charge in [0, 0.05) is 43.7 Å². The van der Waals surface area contributed by atoms with E-state index in [1.165, 1.54) is 17.1 Å². The van der Waals surface area contributed by atoms with E-state index in [2.05, 4.69) is 47.2 Å². The Morgan fingerprint density at radius 2 is 1.90 bits per heavy atom. The number of pyridine rings is 1. The normalized spacial score (nSPS) is 15.7. The highest BCUT2D eigenvalue weighted by atomic mass is 32.2. The molecule has 0 aromatic carbocycles. The molecule has 0 spiro atoms. The molecule has 218 valence electrons. The minimum atomic E-state index is -3.49. The van der Waals surface area contributed by atoms with Crippen LogP contribution in [0, 0.1) is 17.8 Å². The lowest BCUT2D eigenvalue weighted by molar-refractivity contribution is 0.00458. The molecule has 4 aromatic heterocycles. The van der Waals surface area contributed by atoms with Crippen LogP contribution in [0.25, 0.3) is 11.4 Å². The molecule has 0 atom stereocenters. The van der Waals surface area contributed by atoms with Crippen LogP contribution in [0.3, 0.4) is 0 Å². The van der Waals surface area contributed by atoms with Crippen LogP contribution in [0.15, 0.2) is 49.3 Å². The third-order valence-corrected chi connectivity index (χ3v) is 9.36. The predicted molar refractivity (Wildman–Crippen MR) is 154 cm³/mol. The molecular weight excluding hydrogens is 561 g/mol. The van der Waals surface area contributed by atoms with E-state index in [0.29, 0.717) is 60.1 Å². The highest BCUT2D eigenvalue weighted by molar-refractivity contribution is 7.90. The standard InChI is InChI=1S/C28H30FN9O3S/c1-28(2,39)22-17-36(18-22)24-11-26(31-13-20(24)4-3-19-12-32-37(15-19)10-8-29)34-25-7-9-30-27(35-25)21-14-33-38(16-21)42(40,41)23-5-6-23/h7,9,11-16,22-23,39H,5-6,8,10,17-18H2,1-2H3,(H,30,31,34,35). The molecule has 2 fully saturated rings. The second-order valence-corrected chi connectivity index (χ2v) is 13.1. The summed E-state index contributed by atoms with van der Waals surface area (Å²) in [7, 11) is -3.49. The van der Waals surface area contributed by atoms with Crippen LogP contribution >= 0.6 is 0 Å². The molecule has 1 saturated heterocycles. The zero-order valence-electron chi connectivity index (χ0n) is 23.1. The van der Waals surface area contributed by atoms with Crippen molar-refractivity contribution in [2.24, 2.45) is 5.92 Å². The maximum absolute atomic E-state index is 12.6. The van der Waals surface area contributed by atoms with Gasteiger partial charge in [-0.3, -0.25) is 4.68 Å². The molecule has 5 heterocycles. The summed E-state index contributed by atoms with van der Waals surface area (Å²) in [6.45, 7) is 4.59. The number of aromatic nitrogens is 7. The second-order valence-electron chi connectivity index (χ2n) is 11.0. The van der Waals surface area contributed by atoms with Crippen molar-refractivity contribution in [3.8, 4) is 23.2 Å². The van der Waals surface area contributed by atoms with Crippen LogP contribution in [0.4, 0.5) is 21.7 Å². The largest absolute Gasteiger partial charge is 0.390 e. The number of anilines is 3. The maximum atomic E-state index is 12.6. The summed E-state index contributed by atoms with van der Waals surface area (Å²) in [4.78, 5) is 15.5. The third kappa shape index (κ3) is 5.83. The van der Waals surface area contributed by atoms with Gasteiger partial charge in [-0.05, 0) is 32.8 Å². The quantitative estimate of drug-likeness (QED) is 0.279. The first-order valence-corrected chi connectivity index (χ1v) is 15.1. The van der Waals surface area contributed by atoms with E-state index in [1.54, 1.807) is 30.9 Å². The van der Waals surface area contributed by atoms with E-state index in [9.17, 15) is 17.9 Å². The minimum absolute atomic E-state index is 0.107. The zero-order valence-corrected chi connectivity index (χ0v) is 24.0. The summed E-state index contributed by atoms with van der Waals surface area (Å²) in [5.41, 5.74) is 1.88. The Morgan fingerprint density at radius 3 is 2.64 bits per heavy atom. The molecule has 6 rings (SSSR count). The molecule has 2 N–H and O–H groups in total. The summed E-state index contributed by atoms with van der Waals surface area (Å²) in [6.07, 6.45) is 10.7. The topological polar surface area (TPSA) is 144 Å². The number of hydrogen-bond acceptors (Lipinski definition) is 10. The lowest BCUT2D eigenvalue weighted by Crippen LogP contribution is -2.56. The van der Waals surface area contributed by atoms with Gasteiger partial charge in [-0.2, -0.15) is 14.3 Å². The summed E-state index contributed by atoms with van der Waals surface area (Å²) >= 11 is 0. The predicted octanol–water partition coefficient (Wildman–Crippen LogP) is 2.59. The lowest BCUT2D eigenvalue weighted by Gasteiger charge is -2.46. The van der Waals surface area contributed by atoms with Crippen LogP contribution in [-0.4, -0.2) is 78.1 Å². The van der Waals surface area contributed by atoms with E-state index >= 15 is 0 Å². The number of aliphatic hydroxyl groups is 1. The van der Waals surface area contributed by atoms with Crippen molar-refractivity contribution in [3.63, 3.8) is 0 Å². The van der Waals surface area contributed by atoms with Crippen LogP contribution < -0.4 is 10.2 Å². The molecule has 12 nitrogen and oxygen atoms in total. The molecule has 0 radical (unpaired) electrons. The smallest absolute Gasteiger partial charge is 0.256 e. The molecule has 14 heteroatoms. The number of hydrogen-bond donors (Lipinski definition) is 2. The molecule has 0 bridgehead atoms. The Labute approximate surface area is 242 Å². The first-order chi connectivity index (χ1) is 20.1. The highest BCUT2D eigenvalue weighted by Gasteiger charge is 2.39. The fourth-order valence-corrected chi connectivity index (χ4v) is 6.02. The third-order valence-electron chi connectivity index (χ3n) is 7.33. The Kier molecular flexibility index (Phi) is 7.15. The van der Waals surface area contributed by atoms with Gasteiger partial charge in [-0.1, -0.05) is 11.8 Å². The highest BCUT2D eigenvalue weighted by Crippen LogP contribution is 2.35. The van der Waals surface area contributed by atoms with Gasteiger partial charge in [0.25, 0.3) is 10.0 Å².